The molecule has 0 radical (unpaired) electrons. The molecule has 0 spiro atoms. The minimum atomic E-state index is -0.505. The Kier molecular flexibility index (Phi) is 5.62. The smallest absolute Gasteiger partial charge is 0.329 e. The highest BCUT2D eigenvalue weighted by Crippen LogP contribution is 2.07. The van der Waals surface area contributed by atoms with E-state index in [1.165, 1.54) is 11.6 Å². The molecule has 1 heterocycles. The molecule has 0 aliphatic heterocycles. The first-order valence-electron chi connectivity index (χ1n) is 6.56. The van der Waals surface area contributed by atoms with Crippen molar-refractivity contribution in [2.24, 2.45) is 7.05 Å². The van der Waals surface area contributed by atoms with E-state index in [1.807, 2.05) is 0 Å². The van der Waals surface area contributed by atoms with Crippen LogP contribution < -0.4 is 22.3 Å². The Morgan fingerprint density at radius 1 is 1.32 bits per heavy atom. The van der Waals surface area contributed by atoms with Gasteiger partial charge in [0.25, 0.3) is 5.56 Å². The summed E-state index contributed by atoms with van der Waals surface area (Å²) in [5.41, 5.74) is 5.04. The van der Waals surface area contributed by atoms with Gasteiger partial charge >= 0.3 is 5.69 Å². The van der Waals surface area contributed by atoms with Gasteiger partial charge in [-0.15, -0.1) is 0 Å². The maximum Gasteiger partial charge on any atom is 0.329 e. The molecule has 108 valence electrons. The molecule has 0 aliphatic carbocycles. The normalized spacial score (nSPS) is 10.9. The second-order valence-corrected chi connectivity index (χ2v) is 4.44. The Labute approximate surface area is 112 Å². The molecule has 0 aromatic carbocycles. The fraction of sp³-hybridized carbons (Fsp3) is 0.667. The molecule has 0 bridgehead atoms. The maximum atomic E-state index is 11.7. The third-order valence-corrected chi connectivity index (χ3v) is 3.09. The molecule has 1 rings (SSSR count). The van der Waals surface area contributed by atoms with Crippen LogP contribution >= 0.6 is 0 Å². The van der Waals surface area contributed by atoms with E-state index in [4.69, 9.17) is 5.73 Å². The van der Waals surface area contributed by atoms with Crippen LogP contribution in [-0.2, 0) is 7.05 Å². The van der Waals surface area contributed by atoms with Gasteiger partial charge in [-0.25, -0.2) is 4.79 Å². The number of H-pyrrole nitrogens is 1. The molecule has 7 heteroatoms. The van der Waals surface area contributed by atoms with Crippen molar-refractivity contribution < 1.29 is 0 Å². The number of anilines is 2. The van der Waals surface area contributed by atoms with Crippen molar-refractivity contribution in [2.45, 2.75) is 20.3 Å². The minimum Gasteiger partial charge on any atom is -0.383 e. The van der Waals surface area contributed by atoms with Crippen molar-refractivity contribution in [1.82, 2.24) is 14.5 Å². The molecule has 0 atom stereocenters. The van der Waals surface area contributed by atoms with Crippen molar-refractivity contribution in [1.29, 1.82) is 0 Å². The lowest BCUT2D eigenvalue weighted by Gasteiger charge is -2.20. The molecule has 0 saturated carbocycles. The maximum absolute atomic E-state index is 11.7. The van der Waals surface area contributed by atoms with Crippen LogP contribution in [0.4, 0.5) is 11.5 Å². The number of hydrogen-bond donors (Lipinski definition) is 3. The first-order valence-corrected chi connectivity index (χ1v) is 6.56. The summed E-state index contributed by atoms with van der Waals surface area (Å²) < 4.78 is 1.22. The summed E-state index contributed by atoms with van der Waals surface area (Å²) >= 11 is 0. The topological polar surface area (TPSA) is 96.2 Å². The number of likely N-dealkylation sites (N-methyl/N-ethyl adjacent to an activating group) is 1. The van der Waals surface area contributed by atoms with Gasteiger partial charge in [0.2, 0.25) is 0 Å². The lowest BCUT2D eigenvalue weighted by molar-refractivity contribution is 0.300. The molecular formula is C12H23N5O2. The standard InChI is InChI=1S/C12H23N5O2/c1-4-7-17(5-2)8-6-14-9-10(13)16(3)12(19)15-11(9)18/h14H,4-8,13H2,1-3H3,(H,15,18,19). The van der Waals surface area contributed by atoms with E-state index in [9.17, 15) is 9.59 Å². The lowest BCUT2D eigenvalue weighted by atomic mass is 10.4. The highest BCUT2D eigenvalue weighted by Gasteiger charge is 2.09. The van der Waals surface area contributed by atoms with Gasteiger partial charge in [0.05, 0.1) is 0 Å². The predicted molar refractivity (Wildman–Crippen MR) is 77.6 cm³/mol. The van der Waals surface area contributed by atoms with E-state index in [1.54, 1.807) is 0 Å². The van der Waals surface area contributed by atoms with Gasteiger partial charge < -0.3 is 16.0 Å². The summed E-state index contributed by atoms with van der Waals surface area (Å²) in [6, 6.07) is 0. The molecule has 1 aromatic heterocycles. The van der Waals surface area contributed by atoms with Gasteiger partial charge in [-0.2, -0.15) is 0 Å². The Morgan fingerprint density at radius 3 is 2.58 bits per heavy atom. The summed E-state index contributed by atoms with van der Waals surface area (Å²) in [4.78, 5) is 27.5. The van der Waals surface area contributed by atoms with E-state index >= 15 is 0 Å². The van der Waals surface area contributed by atoms with E-state index in [0.717, 1.165) is 26.1 Å². The van der Waals surface area contributed by atoms with Crippen LogP contribution in [0.1, 0.15) is 20.3 Å². The zero-order valence-corrected chi connectivity index (χ0v) is 11.8. The monoisotopic (exact) mass is 269 g/mol. The van der Waals surface area contributed by atoms with Gasteiger partial charge in [0, 0.05) is 20.1 Å². The van der Waals surface area contributed by atoms with E-state index in [-0.39, 0.29) is 11.5 Å². The Balaban J connectivity index is 2.71. The van der Waals surface area contributed by atoms with Crippen LogP contribution in [0, 0.1) is 0 Å². The van der Waals surface area contributed by atoms with Crippen molar-refractivity contribution in [2.75, 3.05) is 37.2 Å². The van der Waals surface area contributed by atoms with Crippen LogP contribution in [0.2, 0.25) is 0 Å². The summed E-state index contributed by atoms with van der Waals surface area (Å²) in [5.74, 6) is 0.160. The fourth-order valence-corrected chi connectivity index (χ4v) is 1.89. The summed E-state index contributed by atoms with van der Waals surface area (Å²) in [6.45, 7) is 7.66. The lowest BCUT2D eigenvalue weighted by Crippen LogP contribution is -2.35. The molecule has 0 saturated heterocycles. The van der Waals surface area contributed by atoms with Crippen LogP contribution in [0.25, 0.3) is 0 Å². The second-order valence-electron chi connectivity index (χ2n) is 4.44. The van der Waals surface area contributed by atoms with Crippen LogP contribution in [-0.4, -0.2) is 40.6 Å². The molecule has 0 fully saturated rings. The number of nitrogens with one attached hydrogen (secondary N) is 2. The SMILES string of the molecule is CCCN(CC)CCNc1c(N)n(C)c(=O)[nH]c1=O. The number of nitrogens with two attached hydrogens (primary N) is 1. The summed E-state index contributed by atoms with van der Waals surface area (Å²) in [6.07, 6.45) is 1.09. The Hall–Kier alpha value is -1.76. The van der Waals surface area contributed by atoms with Crippen molar-refractivity contribution in [3.05, 3.63) is 20.8 Å². The second kappa shape index (κ2) is 6.98. The molecule has 1 aromatic rings. The van der Waals surface area contributed by atoms with Crippen molar-refractivity contribution in [3.63, 3.8) is 0 Å². The number of nitrogen functional groups attached to an aromatic ring is 1. The first kappa shape index (κ1) is 15.3. The number of nitrogens with zero attached hydrogens (tertiary/aromatic N) is 2. The van der Waals surface area contributed by atoms with Crippen LogP contribution in [0.3, 0.4) is 0 Å². The fourth-order valence-electron chi connectivity index (χ4n) is 1.89. The average Bonchev–Trinajstić information content (AvgIpc) is 2.38. The highest BCUT2D eigenvalue weighted by molar-refractivity contribution is 5.60. The van der Waals surface area contributed by atoms with E-state index in [2.05, 4.69) is 29.0 Å². The molecule has 19 heavy (non-hydrogen) atoms. The van der Waals surface area contributed by atoms with Crippen molar-refractivity contribution >= 4 is 11.5 Å². The largest absolute Gasteiger partial charge is 0.383 e. The quantitative estimate of drug-likeness (QED) is 0.637. The zero-order chi connectivity index (χ0) is 14.4. The van der Waals surface area contributed by atoms with E-state index < -0.39 is 11.2 Å². The predicted octanol–water partition coefficient (Wildman–Crippen LogP) is -0.200. The third-order valence-electron chi connectivity index (χ3n) is 3.09. The Bertz CT molecular complexity index is 520. The van der Waals surface area contributed by atoms with Crippen LogP contribution in [0.5, 0.6) is 0 Å². The van der Waals surface area contributed by atoms with Crippen molar-refractivity contribution in [3.8, 4) is 0 Å². The zero-order valence-electron chi connectivity index (χ0n) is 11.8. The number of aromatic amines is 1. The molecule has 7 nitrogen and oxygen atoms in total. The third kappa shape index (κ3) is 3.85. The average molecular weight is 269 g/mol. The van der Waals surface area contributed by atoms with Gasteiger partial charge in [-0.1, -0.05) is 13.8 Å². The number of hydrogen-bond acceptors (Lipinski definition) is 5. The van der Waals surface area contributed by atoms with Crippen LogP contribution in [0.15, 0.2) is 9.59 Å². The minimum absolute atomic E-state index is 0.160. The highest BCUT2D eigenvalue weighted by atomic mass is 16.2. The number of rotatable bonds is 7. The molecule has 0 aliphatic rings. The van der Waals surface area contributed by atoms with Gasteiger partial charge in [0.1, 0.15) is 11.5 Å². The molecule has 0 unspecified atom stereocenters. The molecule has 4 N–H and O–H groups in total. The molecular weight excluding hydrogens is 246 g/mol. The first-order chi connectivity index (χ1) is 9.01. The molecule has 0 amide bonds. The van der Waals surface area contributed by atoms with Gasteiger partial charge in [0.15, 0.2) is 0 Å². The van der Waals surface area contributed by atoms with E-state index in [0.29, 0.717) is 6.54 Å². The number of aromatic nitrogens is 2. The van der Waals surface area contributed by atoms with Gasteiger partial charge in [-0.05, 0) is 19.5 Å². The Morgan fingerprint density at radius 2 is 2.00 bits per heavy atom. The van der Waals surface area contributed by atoms with Gasteiger partial charge in [-0.3, -0.25) is 14.3 Å². The summed E-state index contributed by atoms with van der Waals surface area (Å²) in [5, 5.41) is 3.00. The summed E-state index contributed by atoms with van der Waals surface area (Å²) in [7, 11) is 1.52.